The van der Waals surface area contributed by atoms with Crippen LogP contribution in [0.1, 0.15) is 25.5 Å². The highest BCUT2D eigenvalue weighted by Crippen LogP contribution is 2.31. The highest BCUT2D eigenvalue weighted by Gasteiger charge is 2.09. The van der Waals surface area contributed by atoms with Crippen LogP contribution in [0.5, 0.6) is 11.5 Å². The minimum Gasteiger partial charge on any atom is -0.493 e. The van der Waals surface area contributed by atoms with Crippen molar-refractivity contribution in [3.63, 3.8) is 0 Å². The molecule has 0 saturated carbocycles. The molecule has 0 saturated heterocycles. The van der Waals surface area contributed by atoms with Gasteiger partial charge in [-0.05, 0) is 32.0 Å². The molecule has 0 fully saturated rings. The van der Waals surface area contributed by atoms with Gasteiger partial charge in [0.25, 0.3) is 0 Å². The lowest BCUT2D eigenvalue weighted by Gasteiger charge is -2.16. The molecule has 0 amide bonds. The zero-order chi connectivity index (χ0) is 13.7. The minimum atomic E-state index is 0.168. The molecular formula is C15H19NO3. The molecule has 4 nitrogen and oxygen atoms in total. The molecule has 0 spiro atoms. The normalized spacial score (nSPS) is 11.9. The van der Waals surface area contributed by atoms with Gasteiger partial charge in [0.15, 0.2) is 11.5 Å². The zero-order valence-electron chi connectivity index (χ0n) is 11.5. The number of hydrogen-bond donors (Lipinski definition) is 1. The molecular weight excluding hydrogens is 242 g/mol. The van der Waals surface area contributed by atoms with Crippen LogP contribution >= 0.6 is 0 Å². The zero-order valence-corrected chi connectivity index (χ0v) is 11.5. The van der Waals surface area contributed by atoms with Crippen LogP contribution in [0.25, 0.3) is 0 Å². The molecule has 0 bridgehead atoms. The second-order valence-electron chi connectivity index (χ2n) is 4.22. The summed E-state index contributed by atoms with van der Waals surface area (Å²) in [6.45, 7) is 4.65. The predicted octanol–water partition coefficient (Wildman–Crippen LogP) is 3.86. The quantitative estimate of drug-likeness (QED) is 0.857. The summed E-state index contributed by atoms with van der Waals surface area (Å²) in [5, 5.41) is 3.39. The number of furan rings is 1. The molecule has 1 unspecified atom stereocenters. The Morgan fingerprint density at radius 2 is 2.11 bits per heavy atom. The first-order valence-electron chi connectivity index (χ1n) is 6.34. The van der Waals surface area contributed by atoms with Gasteiger partial charge in [-0.15, -0.1) is 0 Å². The summed E-state index contributed by atoms with van der Waals surface area (Å²) in [6, 6.07) is 7.93. The van der Waals surface area contributed by atoms with E-state index in [9.17, 15) is 0 Å². The molecule has 0 radical (unpaired) electrons. The molecule has 2 rings (SSSR count). The van der Waals surface area contributed by atoms with Gasteiger partial charge >= 0.3 is 0 Å². The third-order valence-corrected chi connectivity index (χ3v) is 2.89. The second kappa shape index (κ2) is 6.18. The second-order valence-corrected chi connectivity index (χ2v) is 4.22. The first kappa shape index (κ1) is 13.3. The average Bonchev–Trinajstić information content (AvgIpc) is 2.94. The van der Waals surface area contributed by atoms with Gasteiger partial charge in [-0.3, -0.25) is 0 Å². The van der Waals surface area contributed by atoms with Crippen LogP contribution in [0.4, 0.5) is 5.69 Å². The van der Waals surface area contributed by atoms with Crippen molar-refractivity contribution in [2.24, 2.45) is 0 Å². The van der Waals surface area contributed by atoms with Crippen molar-refractivity contribution in [2.45, 2.75) is 19.9 Å². The Bertz CT molecular complexity index is 508. The van der Waals surface area contributed by atoms with Crippen molar-refractivity contribution < 1.29 is 13.9 Å². The lowest BCUT2D eigenvalue weighted by Crippen LogP contribution is -2.06. The van der Waals surface area contributed by atoms with E-state index in [2.05, 4.69) is 12.2 Å². The van der Waals surface area contributed by atoms with E-state index in [-0.39, 0.29) is 6.04 Å². The van der Waals surface area contributed by atoms with Gasteiger partial charge in [-0.2, -0.15) is 0 Å². The third-order valence-electron chi connectivity index (χ3n) is 2.89. The van der Waals surface area contributed by atoms with Crippen LogP contribution < -0.4 is 14.8 Å². The maximum absolute atomic E-state index is 5.49. The molecule has 102 valence electrons. The van der Waals surface area contributed by atoms with E-state index in [4.69, 9.17) is 13.9 Å². The van der Waals surface area contributed by atoms with Crippen molar-refractivity contribution in [1.29, 1.82) is 0 Å². The van der Waals surface area contributed by atoms with Crippen LogP contribution in [0.3, 0.4) is 0 Å². The highest BCUT2D eigenvalue weighted by molar-refractivity contribution is 5.55. The largest absolute Gasteiger partial charge is 0.493 e. The molecule has 19 heavy (non-hydrogen) atoms. The molecule has 1 atom stereocenters. The van der Waals surface area contributed by atoms with Crippen molar-refractivity contribution in [3.8, 4) is 11.5 Å². The maximum Gasteiger partial charge on any atom is 0.162 e. The summed E-state index contributed by atoms with van der Waals surface area (Å²) < 4.78 is 15.9. The summed E-state index contributed by atoms with van der Waals surface area (Å²) >= 11 is 0. The standard InChI is InChI=1S/C15H19NO3/c1-4-19-14-6-5-13(9-15(14)17-3)16-11(2)12-7-8-18-10-12/h5-11,16H,4H2,1-3H3. The van der Waals surface area contributed by atoms with E-state index >= 15 is 0 Å². The smallest absolute Gasteiger partial charge is 0.162 e. The van der Waals surface area contributed by atoms with Crippen LogP contribution in [0, 0.1) is 0 Å². The Labute approximate surface area is 113 Å². The lowest BCUT2D eigenvalue weighted by atomic mass is 10.1. The Morgan fingerprint density at radius 3 is 2.74 bits per heavy atom. The third kappa shape index (κ3) is 3.22. The maximum atomic E-state index is 5.49. The number of benzene rings is 1. The molecule has 2 aromatic rings. The van der Waals surface area contributed by atoms with Crippen molar-refractivity contribution >= 4 is 5.69 Å². The predicted molar refractivity (Wildman–Crippen MR) is 74.9 cm³/mol. The first-order valence-corrected chi connectivity index (χ1v) is 6.34. The Balaban J connectivity index is 2.12. The number of ether oxygens (including phenoxy) is 2. The summed E-state index contributed by atoms with van der Waals surface area (Å²) in [4.78, 5) is 0. The van der Waals surface area contributed by atoms with Gasteiger partial charge < -0.3 is 19.2 Å². The molecule has 1 aromatic heterocycles. The van der Waals surface area contributed by atoms with E-state index < -0.39 is 0 Å². The summed E-state index contributed by atoms with van der Waals surface area (Å²) in [6.07, 6.45) is 3.41. The van der Waals surface area contributed by atoms with E-state index in [1.54, 1.807) is 19.6 Å². The number of hydrogen-bond acceptors (Lipinski definition) is 4. The van der Waals surface area contributed by atoms with E-state index in [1.165, 1.54) is 0 Å². The van der Waals surface area contributed by atoms with Gasteiger partial charge in [0.1, 0.15) is 0 Å². The van der Waals surface area contributed by atoms with Crippen molar-refractivity contribution in [3.05, 3.63) is 42.4 Å². The highest BCUT2D eigenvalue weighted by atomic mass is 16.5. The number of rotatable bonds is 6. The number of methoxy groups -OCH3 is 1. The fraction of sp³-hybridized carbons (Fsp3) is 0.333. The Kier molecular flexibility index (Phi) is 4.34. The van der Waals surface area contributed by atoms with Crippen LogP contribution in [-0.2, 0) is 0 Å². The Hall–Kier alpha value is -2.10. The summed E-state index contributed by atoms with van der Waals surface area (Å²) in [5.41, 5.74) is 2.09. The topological polar surface area (TPSA) is 43.6 Å². The van der Waals surface area contributed by atoms with Gasteiger partial charge in [-0.25, -0.2) is 0 Å². The van der Waals surface area contributed by atoms with Gasteiger partial charge in [-0.1, -0.05) is 0 Å². The van der Waals surface area contributed by atoms with Gasteiger partial charge in [0, 0.05) is 17.3 Å². The van der Waals surface area contributed by atoms with Crippen molar-refractivity contribution in [1.82, 2.24) is 0 Å². The molecule has 1 heterocycles. The fourth-order valence-electron chi connectivity index (χ4n) is 1.89. The Morgan fingerprint density at radius 1 is 1.26 bits per heavy atom. The molecule has 4 heteroatoms. The lowest BCUT2D eigenvalue weighted by molar-refractivity contribution is 0.311. The summed E-state index contributed by atoms with van der Waals surface area (Å²) in [7, 11) is 1.64. The SMILES string of the molecule is CCOc1ccc(NC(C)c2ccoc2)cc1OC. The molecule has 1 aromatic carbocycles. The van der Waals surface area contributed by atoms with E-state index in [0.29, 0.717) is 6.61 Å². The van der Waals surface area contributed by atoms with E-state index in [0.717, 1.165) is 22.7 Å². The number of anilines is 1. The van der Waals surface area contributed by atoms with Gasteiger partial charge in [0.05, 0.1) is 32.3 Å². The molecule has 1 N–H and O–H groups in total. The van der Waals surface area contributed by atoms with Crippen LogP contribution in [0.15, 0.2) is 41.2 Å². The summed E-state index contributed by atoms with van der Waals surface area (Å²) in [5.74, 6) is 1.48. The fourth-order valence-corrected chi connectivity index (χ4v) is 1.89. The number of nitrogens with one attached hydrogen (secondary N) is 1. The van der Waals surface area contributed by atoms with Crippen molar-refractivity contribution in [2.75, 3.05) is 19.0 Å². The average molecular weight is 261 g/mol. The molecule has 0 aliphatic rings. The molecule has 0 aliphatic heterocycles. The van der Waals surface area contributed by atoms with Gasteiger partial charge in [0.2, 0.25) is 0 Å². The molecule has 0 aliphatic carbocycles. The van der Waals surface area contributed by atoms with Crippen LogP contribution in [-0.4, -0.2) is 13.7 Å². The first-order chi connectivity index (χ1) is 9.24. The minimum absolute atomic E-state index is 0.168. The van der Waals surface area contributed by atoms with Crippen LogP contribution in [0.2, 0.25) is 0 Å². The monoisotopic (exact) mass is 261 g/mol. The van der Waals surface area contributed by atoms with E-state index in [1.807, 2.05) is 31.2 Å².